The van der Waals surface area contributed by atoms with Crippen molar-refractivity contribution in [3.63, 3.8) is 0 Å². The number of nitrogens with one attached hydrogen (secondary N) is 1. The molecule has 0 spiro atoms. The van der Waals surface area contributed by atoms with Gasteiger partial charge in [0.1, 0.15) is 12.4 Å². The number of rotatable bonds is 6. The van der Waals surface area contributed by atoms with Gasteiger partial charge in [-0.05, 0) is 90.7 Å². The predicted molar refractivity (Wildman–Crippen MR) is 119 cm³/mol. The molecule has 2 unspecified atom stereocenters. The number of benzene rings is 2. The lowest BCUT2D eigenvalue weighted by atomic mass is 9.43. The summed E-state index contributed by atoms with van der Waals surface area (Å²) in [5.74, 6) is 1.84. The summed E-state index contributed by atoms with van der Waals surface area (Å²) in [5.41, 5.74) is 3.94. The number of hydrogen-bond acceptors (Lipinski definition) is 2. The molecule has 0 aromatic heterocycles. The summed E-state index contributed by atoms with van der Waals surface area (Å²) in [6, 6.07) is 16.4. The molecule has 0 saturated heterocycles. The maximum atomic E-state index is 5.94. The fraction of sp³-hybridized carbons (Fsp3) is 0.538. The number of ether oxygens (including phenoxy) is 1. The van der Waals surface area contributed by atoms with Gasteiger partial charge in [-0.1, -0.05) is 49.7 Å². The molecule has 3 heteroatoms. The van der Waals surface area contributed by atoms with Crippen LogP contribution in [0, 0.1) is 16.7 Å². The molecule has 0 heterocycles. The Labute approximate surface area is 180 Å². The third kappa shape index (κ3) is 4.07. The molecule has 4 aliphatic carbocycles. The van der Waals surface area contributed by atoms with Crippen molar-refractivity contribution in [3.05, 3.63) is 64.7 Å². The molecule has 6 rings (SSSR count). The molecule has 4 fully saturated rings. The molecule has 0 aliphatic heterocycles. The molecular formula is C26H32ClNO. The lowest BCUT2D eigenvalue weighted by molar-refractivity contribution is -0.118. The molecule has 2 nitrogen and oxygen atoms in total. The molecule has 0 amide bonds. The normalized spacial score (nSPS) is 35.1. The first kappa shape index (κ1) is 19.5. The molecule has 29 heavy (non-hydrogen) atoms. The molecule has 154 valence electrons. The first-order chi connectivity index (χ1) is 13.8. The van der Waals surface area contributed by atoms with Crippen LogP contribution in [0.1, 0.15) is 63.5 Å². The Balaban J connectivity index is 1.19. The van der Waals surface area contributed by atoms with Crippen molar-refractivity contribution in [2.24, 2.45) is 16.7 Å². The van der Waals surface area contributed by atoms with Gasteiger partial charge in [0.15, 0.2) is 0 Å². The quantitative estimate of drug-likeness (QED) is 0.569. The monoisotopic (exact) mass is 409 g/mol. The zero-order valence-corrected chi connectivity index (χ0v) is 18.4. The Kier molecular flexibility index (Phi) is 4.71. The summed E-state index contributed by atoms with van der Waals surface area (Å²) in [5, 5.41) is 4.78. The molecule has 2 aromatic carbocycles. The van der Waals surface area contributed by atoms with Crippen LogP contribution in [0.4, 0.5) is 0 Å². The van der Waals surface area contributed by atoms with E-state index in [2.05, 4.69) is 43.4 Å². The lowest BCUT2D eigenvalue weighted by Gasteiger charge is -2.65. The maximum Gasteiger partial charge on any atom is 0.119 e. The molecule has 4 aliphatic rings. The third-order valence-corrected chi connectivity index (χ3v) is 7.79. The van der Waals surface area contributed by atoms with E-state index in [1.807, 2.05) is 24.3 Å². The highest BCUT2D eigenvalue weighted by atomic mass is 35.5. The van der Waals surface area contributed by atoms with Crippen LogP contribution in [0.15, 0.2) is 48.5 Å². The van der Waals surface area contributed by atoms with Crippen LogP contribution in [0.5, 0.6) is 5.75 Å². The average Bonchev–Trinajstić information content (AvgIpc) is 2.64. The number of hydrogen-bond donors (Lipinski definition) is 1. The highest BCUT2D eigenvalue weighted by Gasteiger charge is 2.59. The van der Waals surface area contributed by atoms with E-state index in [4.69, 9.17) is 16.3 Å². The maximum absolute atomic E-state index is 5.94. The van der Waals surface area contributed by atoms with E-state index in [0.29, 0.717) is 23.0 Å². The first-order valence-corrected chi connectivity index (χ1v) is 11.4. The van der Waals surface area contributed by atoms with Gasteiger partial charge in [0.05, 0.1) is 0 Å². The van der Waals surface area contributed by atoms with Crippen LogP contribution in [0.25, 0.3) is 0 Å². The SMILES string of the molecule is C[C@]12CC3CC(NCc4ccc(OCc5ccc(Cl)cc5)cc4)(C1)C[C@@](C)(C3)C2. The average molecular weight is 410 g/mol. The minimum absolute atomic E-state index is 0.354. The predicted octanol–water partition coefficient (Wildman–Crippen LogP) is 6.76. The Hall–Kier alpha value is -1.51. The van der Waals surface area contributed by atoms with Crippen molar-refractivity contribution in [2.75, 3.05) is 0 Å². The van der Waals surface area contributed by atoms with Gasteiger partial charge < -0.3 is 10.1 Å². The van der Waals surface area contributed by atoms with Gasteiger partial charge in [0, 0.05) is 17.1 Å². The topological polar surface area (TPSA) is 21.3 Å². The van der Waals surface area contributed by atoms with Crippen LogP contribution in [-0.2, 0) is 13.2 Å². The van der Waals surface area contributed by atoms with Gasteiger partial charge in [-0.25, -0.2) is 0 Å². The van der Waals surface area contributed by atoms with E-state index in [-0.39, 0.29) is 0 Å². The van der Waals surface area contributed by atoms with Crippen LogP contribution >= 0.6 is 11.6 Å². The third-order valence-electron chi connectivity index (χ3n) is 7.54. The second-order valence-corrected chi connectivity index (χ2v) is 11.3. The van der Waals surface area contributed by atoms with Gasteiger partial charge in [0.2, 0.25) is 0 Å². The molecule has 4 atom stereocenters. The van der Waals surface area contributed by atoms with Crippen molar-refractivity contribution in [3.8, 4) is 5.75 Å². The fourth-order valence-corrected chi connectivity index (χ4v) is 7.51. The van der Waals surface area contributed by atoms with Crippen molar-refractivity contribution in [1.29, 1.82) is 0 Å². The molecule has 4 bridgehead atoms. The summed E-state index contributed by atoms with van der Waals surface area (Å²) in [6.45, 7) is 6.60. The molecular weight excluding hydrogens is 378 g/mol. The molecule has 2 aromatic rings. The molecule has 0 radical (unpaired) electrons. The van der Waals surface area contributed by atoms with E-state index in [0.717, 1.165) is 28.8 Å². The zero-order chi connectivity index (χ0) is 20.1. The second kappa shape index (κ2) is 7.03. The standard InChI is InChI=1S/C26H32ClNO/c1-24-11-21-12-25(2,16-24)18-26(13-21,17-24)28-14-19-5-9-23(10-6-19)29-15-20-3-7-22(27)8-4-20/h3-10,21,28H,11-18H2,1-2H3/t21?,24-,25+,26?. The Morgan fingerprint density at radius 2 is 1.48 bits per heavy atom. The van der Waals surface area contributed by atoms with Gasteiger partial charge in [-0.2, -0.15) is 0 Å². The van der Waals surface area contributed by atoms with Gasteiger partial charge in [-0.15, -0.1) is 0 Å². The summed E-state index contributed by atoms with van der Waals surface area (Å²) < 4.78 is 5.93. The van der Waals surface area contributed by atoms with Crippen LogP contribution < -0.4 is 10.1 Å². The van der Waals surface area contributed by atoms with Gasteiger partial charge in [0.25, 0.3) is 0 Å². The van der Waals surface area contributed by atoms with E-state index < -0.39 is 0 Å². The van der Waals surface area contributed by atoms with Gasteiger partial charge in [-0.3, -0.25) is 0 Å². The highest BCUT2D eigenvalue weighted by molar-refractivity contribution is 6.30. The van der Waals surface area contributed by atoms with Crippen LogP contribution in [0.2, 0.25) is 5.02 Å². The second-order valence-electron chi connectivity index (χ2n) is 10.8. The van der Waals surface area contributed by atoms with E-state index in [1.54, 1.807) is 0 Å². The zero-order valence-electron chi connectivity index (χ0n) is 17.6. The van der Waals surface area contributed by atoms with E-state index in [9.17, 15) is 0 Å². The largest absolute Gasteiger partial charge is 0.489 e. The van der Waals surface area contributed by atoms with E-state index >= 15 is 0 Å². The minimum atomic E-state index is 0.354. The van der Waals surface area contributed by atoms with Crippen molar-refractivity contribution >= 4 is 11.6 Å². The minimum Gasteiger partial charge on any atom is -0.489 e. The van der Waals surface area contributed by atoms with E-state index in [1.165, 1.54) is 44.1 Å². The Morgan fingerprint density at radius 1 is 0.862 bits per heavy atom. The summed E-state index contributed by atoms with van der Waals surface area (Å²) in [4.78, 5) is 0. The van der Waals surface area contributed by atoms with Crippen LogP contribution in [-0.4, -0.2) is 5.54 Å². The summed E-state index contributed by atoms with van der Waals surface area (Å²) in [6.07, 6.45) is 8.42. The summed E-state index contributed by atoms with van der Waals surface area (Å²) >= 11 is 5.94. The van der Waals surface area contributed by atoms with Crippen LogP contribution in [0.3, 0.4) is 0 Å². The van der Waals surface area contributed by atoms with Gasteiger partial charge >= 0.3 is 0 Å². The Bertz CT molecular complexity index is 857. The molecule has 4 saturated carbocycles. The van der Waals surface area contributed by atoms with Crippen molar-refractivity contribution in [2.45, 2.75) is 71.1 Å². The summed E-state index contributed by atoms with van der Waals surface area (Å²) in [7, 11) is 0. The highest BCUT2D eigenvalue weighted by Crippen LogP contribution is 2.66. The van der Waals surface area contributed by atoms with Crippen molar-refractivity contribution in [1.82, 2.24) is 5.32 Å². The first-order valence-electron chi connectivity index (χ1n) is 11.0. The lowest BCUT2D eigenvalue weighted by Crippen LogP contribution is -2.63. The smallest absolute Gasteiger partial charge is 0.119 e. The Morgan fingerprint density at radius 3 is 2.10 bits per heavy atom. The number of halogens is 1. The molecule has 1 N–H and O–H groups in total. The van der Waals surface area contributed by atoms with Crippen molar-refractivity contribution < 1.29 is 4.74 Å². The fourth-order valence-electron chi connectivity index (χ4n) is 7.39.